The molecule has 1 aliphatic rings. The van der Waals surface area contributed by atoms with E-state index < -0.39 is 0 Å². The molecule has 0 saturated carbocycles. The van der Waals surface area contributed by atoms with Crippen LogP contribution in [-0.4, -0.2) is 30.4 Å². The van der Waals surface area contributed by atoms with Gasteiger partial charge < -0.3 is 9.32 Å². The average molecular weight is 284 g/mol. The van der Waals surface area contributed by atoms with E-state index in [4.69, 9.17) is 9.95 Å². The summed E-state index contributed by atoms with van der Waals surface area (Å²) >= 11 is 0. The van der Waals surface area contributed by atoms with Crippen molar-refractivity contribution in [1.82, 2.24) is 4.90 Å². The molecule has 1 unspecified atom stereocenters. The normalized spacial score (nSPS) is 18.2. The topological polar surface area (TPSA) is 82.2 Å². The highest BCUT2D eigenvalue weighted by Gasteiger charge is 2.28. The fourth-order valence-electron chi connectivity index (χ4n) is 2.75. The van der Waals surface area contributed by atoms with Crippen molar-refractivity contribution in [1.29, 1.82) is 0 Å². The number of nitrogens with zero attached hydrogens (tertiary/aromatic N) is 4. The van der Waals surface area contributed by atoms with Crippen molar-refractivity contribution in [2.24, 2.45) is 11.0 Å². The van der Waals surface area contributed by atoms with E-state index in [1.165, 1.54) is 0 Å². The van der Waals surface area contributed by atoms with Crippen LogP contribution in [0, 0.1) is 5.92 Å². The van der Waals surface area contributed by atoms with E-state index >= 15 is 0 Å². The van der Waals surface area contributed by atoms with Crippen LogP contribution in [0.3, 0.4) is 0 Å². The lowest BCUT2D eigenvalue weighted by molar-refractivity contribution is -0.127. The Labute approximate surface area is 122 Å². The molecule has 0 aliphatic carbocycles. The highest BCUT2D eigenvalue weighted by Crippen LogP contribution is 2.21. The Morgan fingerprint density at radius 2 is 2.29 bits per heavy atom. The molecule has 2 heterocycles. The first kappa shape index (κ1) is 13.5. The van der Waals surface area contributed by atoms with Crippen LogP contribution in [0.25, 0.3) is 21.4 Å². The lowest BCUT2D eigenvalue weighted by Crippen LogP contribution is -2.27. The molecule has 1 aromatic heterocycles. The summed E-state index contributed by atoms with van der Waals surface area (Å²) in [5.74, 6) is 1.16. The number of benzene rings is 1. The van der Waals surface area contributed by atoms with Gasteiger partial charge in [0.2, 0.25) is 5.91 Å². The lowest BCUT2D eigenvalue weighted by Gasteiger charge is -2.15. The van der Waals surface area contributed by atoms with Gasteiger partial charge in [-0.25, -0.2) is 0 Å². The van der Waals surface area contributed by atoms with Gasteiger partial charge in [0.05, 0.1) is 0 Å². The van der Waals surface area contributed by atoms with Gasteiger partial charge in [0.1, 0.15) is 11.3 Å². The predicted molar refractivity (Wildman–Crippen MR) is 78.6 cm³/mol. The minimum absolute atomic E-state index is 0.129. The number of carbonyl (C=O) groups is 1. The molecule has 3 rings (SSSR count). The van der Waals surface area contributed by atoms with Gasteiger partial charge in [-0.3, -0.25) is 4.79 Å². The van der Waals surface area contributed by atoms with Crippen molar-refractivity contribution in [2.75, 3.05) is 19.6 Å². The summed E-state index contributed by atoms with van der Waals surface area (Å²) in [6.07, 6.45) is 1.17. The zero-order valence-electron chi connectivity index (χ0n) is 11.6. The molecule has 6 heteroatoms. The van der Waals surface area contributed by atoms with Gasteiger partial charge in [0.15, 0.2) is 0 Å². The Kier molecular flexibility index (Phi) is 3.79. The number of hydrogen-bond acceptors (Lipinski definition) is 3. The van der Waals surface area contributed by atoms with Crippen LogP contribution in [0.2, 0.25) is 0 Å². The maximum atomic E-state index is 11.9. The minimum Gasteiger partial charge on any atom is -0.461 e. The molecule has 2 aromatic rings. The summed E-state index contributed by atoms with van der Waals surface area (Å²) in [6.45, 7) is 1.70. The molecule has 21 heavy (non-hydrogen) atoms. The van der Waals surface area contributed by atoms with Gasteiger partial charge in [0, 0.05) is 42.8 Å². The highest BCUT2D eigenvalue weighted by atomic mass is 16.3. The minimum atomic E-state index is 0.129. The number of rotatable bonds is 5. The number of carbonyl (C=O) groups excluding carboxylic acids is 1. The van der Waals surface area contributed by atoms with E-state index in [1.807, 2.05) is 35.2 Å². The summed E-state index contributed by atoms with van der Waals surface area (Å²) in [5, 5.41) is 4.64. The maximum Gasteiger partial charge on any atom is 0.222 e. The molecule has 1 aromatic carbocycles. The second-order valence-electron chi connectivity index (χ2n) is 5.32. The first-order valence-corrected chi connectivity index (χ1v) is 7.02. The van der Waals surface area contributed by atoms with Crippen molar-refractivity contribution in [2.45, 2.75) is 12.8 Å². The van der Waals surface area contributed by atoms with E-state index in [-0.39, 0.29) is 11.8 Å². The van der Waals surface area contributed by atoms with E-state index in [1.54, 1.807) is 0 Å². The number of furan rings is 1. The van der Waals surface area contributed by atoms with Crippen molar-refractivity contribution in [3.63, 3.8) is 0 Å². The molecular weight excluding hydrogens is 268 g/mol. The first-order chi connectivity index (χ1) is 10.3. The Morgan fingerprint density at radius 1 is 1.43 bits per heavy atom. The third-order valence-electron chi connectivity index (χ3n) is 3.80. The Morgan fingerprint density at radius 3 is 3.10 bits per heavy atom. The molecule has 1 aliphatic heterocycles. The monoisotopic (exact) mass is 284 g/mol. The number of likely N-dealkylation sites (tertiary alicyclic amines) is 1. The molecule has 1 fully saturated rings. The summed E-state index contributed by atoms with van der Waals surface area (Å²) in [7, 11) is 0. The van der Waals surface area contributed by atoms with Crippen LogP contribution >= 0.6 is 0 Å². The van der Waals surface area contributed by atoms with Crippen molar-refractivity contribution in [3.8, 4) is 0 Å². The molecule has 0 N–H and O–H groups in total. The summed E-state index contributed by atoms with van der Waals surface area (Å²) in [4.78, 5) is 16.5. The van der Waals surface area contributed by atoms with Crippen LogP contribution < -0.4 is 0 Å². The van der Waals surface area contributed by atoms with E-state index in [2.05, 4.69) is 10.0 Å². The second-order valence-corrected chi connectivity index (χ2v) is 5.32. The van der Waals surface area contributed by atoms with Gasteiger partial charge in [-0.05, 0) is 23.6 Å². The fraction of sp³-hybridized carbons (Fsp3) is 0.400. The van der Waals surface area contributed by atoms with E-state index in [9.17, 15) is 4.79 Å². The molecule has 0 spiro atoms. The standard InChI is InChI=1S/C15H16N4O2/c16-18-17-9-11-7-15(20)19(10-11)6-5-13-8-12-3-1-2-4-14(12)21-13/h1-4,8,11H,5-7,9-10H2. The highest BCUT2D eigenvalue weighted by molar-refractivity contribution is 5.79. The molecule has 0 radical (unpaired) electrons. The fourth-order valence-corrected chi connectivity index (χ4v) is 2.75. The van der Waals surface area contributed by atoms with Crippen molar-refractivity contribution < 1.29 is 9.21 Å². The lowest BCUT2D eigenvalue weighted by atomic mass is 10.1. The third kappa shape index (κ3) is 3.01. The second kappa shape index (κ2) is 5.89. The summed E-state index contributed by atoms with van der Waals surface area (Å²) in [5.41, 5.74) is 9.20. The Hall–Kier alpha value is -2.46. The van der Waals surface area contributed by atoms with Gasteiger partial charge in [-0.1, -0.05) is 23.3 Å². The van der Waals surface area contributed by atoms with Crippen LogP contribution in [-0.2, 0) is 11.2 Å². The third-order valence-corrected chi connectivity index (χ3v) is 3.80. The maximum absolute atomic E-state index is 11.9. The number of azide groups is 1. The van der Waals surface area contributed by atoms with Gasteiger partial charge >= 0.3 is 0 Å². The molecule has 108 valence electrons. The number of para-hydroxylation sites is 1. The zero-order valence-corrected chi connectivity index (χ0v) is 11.6. The zero-order chi connectivity index (χ0) is 14.7. The molecule has 1 amide bonds. The van der Waals surface area contributed by atoms with Crippen molar-refractivity contribution in [3.05, 3.63) is 46.5 Å². The average Bonchev–Trinajstić information content (AvgIpc) is 3.05. The number of fused-ring (bicyclic) bond motifs is 1. The van der Waals surface area contributed by atoms with Crippen LogP contribution in [0.15, 0.2) is 39.9 Å². The largest absolute Gasteiger partial charge is 0.461 e. The number of amides is 1. The Balaban J connectivity index is 1.59. The Bertz CT molecular complexity index is 670. The van der Waals surface area contributed by atoms with Crippen LogP contribution in [0.5, 0.6) is 0 Å². The first-order valence-electron chi connectivity index (χ1n) is 7.02. The molecule has 1 saturated heterocycles. The molecular formula is C15H16N4O2. The van der Waals surface area contributed by atoms with Crippen molar-refractivity contribution >= 4 is 16.9 Å². The summed E-state index contributed by atoms with van der Waals surface area (Å²) < 4.78 is 5.75. The predicted octanol–water partition coefficient (Wildman–Crippen LogP) is 3.13. The molecule has 0 bridgehead atoms. The quantitative estimate of drug-likeness (QED) is 0.480. The van der Waals surface area contributed by atoms with E-state index in [0.717, 1.165) is 16.7 Å². The number of hydrogen-bond donors (Lipinski definition) is 0. The smallest absolute Gasteiger partial charge is 0.222 e. The van der Waals surface area contributed by atoms with E-state index in [0.29, 0.717) is 32.5 Å². The van der Waals surface area contributed by atoms with Crippen LogP contribution in [0.1, 0.15) is 12.2 Å². The van der Waals surface area contributed by atoms with Gasteiger partial charge in [-0.15, -0.1) is 0 Å². The van der Waals surface area contributed by atoms with Crippen LogP contribution in [0.4, 0.5) is 0 Å². The molecule has 1 atom stereocenters. The SMILES string of the molecule is [N-]=[N+]=NCC1CC(=O)N(CCc2cc3ccccc3o2)C1. The van der Waals surface area contributed by atoms with Gasteiger partial charge in [0.25, 0.3) is 0 Å². The summed E-state index contributed by atoms with van der Waals surface area (Å²) in [6, 6.07) is 9.90. The van der Waals surface area contributed by atoms with Gasteiger partial charge in [-0.2, -0.15) is 0 Å². The molecule has 6 nitrogen and oxygen atoms in total.